The topological polar surface area (TPSA) is 47.3 Å². The smallest absolute Gasteiger partial charge is 0.246 e. The average molecular weight is 319 g/mol. The van der Waals surface area contributed by atoms with E-state index in [1.165, 1.54) is 0 Å². The summed E-state index contributed by atoms with van der Waals surface area (Å²) in [5.74, 6) is 0.0160. The molecule has 15 heavy (non-hydrogen) atoms. The normalized spacial score (nSPS) is 23.0. The van der Waals surface area contributed by atoms with Gasteiger partial charge in [-0.1, -0.05) is 6.08 Å². The van der Waals surface area contributed by atoms with E-state index in [1.54, 1.807) is 17.1 Å². The molecule has 1 amide bonds. The van der Waals surface area contributed by atoms with Crippen LogP contribution in [0.5, 0.6) is 0 Å². The predicted octanol–water partition coefficient (Wildman–Crippen LogP) is 1.34. The molecule has 1 rings (SSSR count). The van der Waals surface area contributed by atoms with Gasteiger partial charge in [0.15, 0.2) is 0 Å². The van der Waals surface area contributed by atoms with Crippen LogP contribution >= 0.6 is 22.9 Å². The zero-order valence-corrected chi connectivity index (χ0v) is 10.8. The molecule has 1 atom stereocenters. The molecule has 0 aliphatic carbocycles. The zero-order valence-electron chi connectivity index (χ0n) is 8.69. The largest absolute Gasteiger partial charge is 0.333 e. The summed E-state index contributed by atoms with van der Waals surface area (Å²) in [5.41, 5.74) is 0. The molecule has 0 spiro atoms. The van der Waals surface area contributed by atoms with E-state index in [9.17, 15) is 4.79 Å². The van der Waals surface area contributed by atoms with Crippen molar-refractivity contribution >= 4 is 28.8 Å². The van der Waals surface area contributed by atoms with E-state index in [0.717, 1.165) is 13.1 Å². The maximum Gasteiger partial charge on any atom is 0.246 e. The van der Waals surface area contributed by atoms with Gasteiger partial charge >= 0.3 is 0 Å². The first kappa shape index (κ1) is 12.5. The van der Waals surface area contributed by atoms with Crippen molar-refractivity contribution in [2.45, 2.75) is 19.4 Å². The quantitative estimate of drug-likeness (QED) is 0.438. The fraction of sp³-hybridized carbons (Fsp3) is 0.600. The number of piperazine rings is 1. The van der Waals surface area contributed by atoms with E-state index < -0.39 is 0 Å². The van der Waals surface area contributed by atoms with Gasteiger partial charge in [-0.15, -0.1) is 0 Å². The lowest BCUT2D eigenvalue weighted by Crippen LogP contribution is -2.51. The van der Waals surface area contributed by atoms with Crippen LogP contribution in [0.4, 0.5) is 0 Å². The minimum Gasteiger partial charge on any atom is -0.333 e. The standard InChI is InChI=1S/C10H14IN3O/c1-2-3-10(15)14-7-6-13(11)8-9(14)4-5-12/h2-3,9H,4,6-8H2,1H3/b3-2+. The molecule has 1 unspecified atom stereocenters. The van der Waals surface area contributed by atoms with E-state index in [4.69, 9.17) is 5.26 Å². The van der Waals surface area contributed by atoms with Gasteiger partial charge in [0.1, 0.15) is 0 Å². The number of carbonyl (C=O) groups excluding carboxylic acids is 1. The first-order valence-electron chi connectivity index (χ1n) is 4.90. The third-order valence-electron chi connectivity index (χ3n) is 2.35. The summed E-state index contributed by atoms with van der Waals surface area (Å²) in [5, 5.41) is 8.71. The summed E-state index contributed by atoms with van der Waals surface area (Å²) in [4.78, 5) is 13.5. The van der Waals surface area contributed by atoms with Gasteiger partial charge in [-0.2, -0.15) is 5.26 Å². The predicted molar refractivity (Wildman–Crippen MR) is 66.1 cm³/mol. The van der Waals surface area contributed by atoms with Gasteiger partial charge in [-0.25, -0.2) is 3.11 Å². The highest BCUT2D eigenvalue weighted by Gasteiger charge is 2.28. The fourth-order valence-corrected chi connectivity index (χ4v) is 2.30. The Morgan fingerprint density at radius 1 is 1.67 bits per heavy atom. The summed E-state index contributed by atoms with van der Waals surface area (Å²) in [7, 11) is 0. The summed E-state index contributed by atoms with van der Waals surface area (Å²) in [6.45, 7) is 4.17. The molecule has 0 aromatic heterocycles. The van der Waals surface area contributed by atoms with Crippen LogP contribution in [-0.2, 0) is 4.79 Å². The van der Waals surface area contributed by atoms with Crippen LogP contribution in [0, 0.1) is 11.3 Å². The van der Waals surface area contributed by atoms with Gasteiger partial charge < -0.3 is 4.90 Å². The Kier molecular flexibility index (Phi) is 5.05. The SMILES string of the molecule is C/C=C/C(=O)N1CCN(I)CC1CC#N. The summed E-state index contributed by atoms with van der Waals surface area (Å²) >= 11 is 2.23. The van der Waals surface area contributed by atoms with E-state index >= 15 is 0 Å². The molecular weight excluding hydrogens is 305 g/mol. The minimum absolute atomic E-state index is 0.0160. The molecule has 1 aliphatic heterocycles. The molecule has 4 nitrogen and oxygen atoms in total. The van der Waals surface area contributed by atoms with Crippen LogP contribution in [0.15, 0.2) is 12.2 Å². The molecule has 1 aliphatic rings. The Morgan fingerprint density at radius 3 is 3.00 bits per heavy atom. The van der Waals surface area contributed by atoms with Crippen LogP contribution in [0.25, 0.3) is 0 Å². The number of rotatable bonds is 2. The Morgan fingerprint density at radius 2 is 2.40 bits per heavy atom. The summed E-state index contributed by atoms with van der Waals surface area (Å²) in [6, 6.07) is 2.17. The van der Waals surface area contributed by atoms with E-state index in [1.807, 2.05) is 6.92 Å². The second-order valence-corrected chi connectivity index (χ2v) is 4.78. The first-order chi connectivity index (χ1) is 7.19. The Bertz CT molecular complexity index is 298. The molecule has 0 saturated carbocycles. The molecule has 5 heteroatoms. The van der Waals surface area contributed by atoms with Crippen molar-refractivity contribution in [3.63, 3.8) is 0 Å². The van der Waals surface area contributed by atoms with Gasteiger partial charge in [-0.3, -0.25) is 4.79 Å². The highest BCUT2D eigenvalue weighted by Crippen LogP contribution is 2.16. The lowest BCUT2D eigenvalue weighted by Gasteiger charge is -2.37. The van der Waals surface area contributed by atoms with E-state index in [-0.39, 0.29) is 11.9 Å². The number of hydrogen-bond acceptors (Lipinski definition) is 3. The molecule has 82 valence electrons. The highest BCUT2D eigenvalue weighted by molar-refractivity contribution is 14.1. The van der Waals surface area contributed by atoms with Crippen molar-refractivity contribution < 1.29 is 4.79 Å². The highest BCUT2D eigenvalue weighted by atomic mass is 127. The monoisotopic (exact) mass is 319 g/mol. The second kappa shape index (κ2) is 6.08. The van der Waals surface area contributed by atoms with Gasteiger partial charge in [0.2, 0.25) is 5.91 Å². The Labute approximate surface area is 104 Å². The van der Waals surface area contributed by atoms with Crippen LogP contribution in [-0.4, -0.2) is 39.6 Å². The molecule has 1 heterocycles. The number of nitriles is 1. The van der Waals surface area contributed by atoms with Crippen LogP contribution in [0.3, 0.4) is 0 Å². The molecule has 0 radical (unpaired) electrons. The Hall–Kier alpha value is -0.610. The Balaban J connectivity index is 2.68. The molecule has 0 aromatic rings. The van der Waals surface area contributed by atoms with Crippen molar-refractivity contribution in [3.8, 4) is 6.07 Å². The molecule has 0 aromatic carbocycles. The van der Waals surface area contributed by atoms with Crippen LogP contribution in [0.2, 0.25) is 0 Å². The van der Waals surface area contributed by atoms with Crippen molar-refractivity contribution in [1.82, 2.24) is 8.01 Å². The first-order valence-corrected chi connectivity index (χ1v) is 5.86. The maximum atomic E-state index is 11.7. The number of amides is 1. The van der Waals surface area contributed by atoms with Gasteiger partial charge in [0.05, 0.1) is 18.5 Å². The molecule has 0 bridgehead atoms. The summed E-state index contributed by atoms with van der Waals surface area (Å²) < 4.78 is 2.12. The lowest BCUT2D eigenvalue weighted by atomic mass is 10.1. The van der Waals surface area contributed by atoms with Gasteiger partial charge in [-0.05, 0) is 13.0 Å². The van der Waals surface area contributed by atoms with Crippen molar-refractivity contribution in [2.75, 3.05) is 19.6 Å². The third kappa shape index (κ3) is 3.47. The van der Waals surface area contributed by atoms with Crippen LogP contribution < -0.4 is 0 Å². The summed E-state index contributed by atoms with van der Waals surface area (Å²) in [6.07, 6.45) is 3.71. The molecular formula is C10H14IN3O. The van der Waals surface area contributed by atoms with Gasteiger partial charge in [0.25, 0.3) is 0 Å². The lowest BCUT2D eigenvalue weighted by molar-refractivity contribution is -0.129. The zero-order chi connectivity index (χ0) is 11.3. The number of hydrogen-bond donors (Lipinski definition) is 0. The van der Waals surface area contributed by atoms with E-state index in [2.05, 4.69) is 32.0 Å². The minimum atomic E-state index is 0.0160. The number of carbonyl (C=O) groups is 1. The number of halogens is 1. The molecule has 1 fully saturated rings. The second-order valence-electron chi connectivity index (χ2n) is 3.42. The van der Waals surface area contributed by atoms with Gasteiger partial charge in [0, 0.05) is 42.5 Å². The van der Waals surface area contributed by atoms with Crippen molar-refractivity contribution in [2.24, 2.45) is 0 Å². The fourth-order valence-electron chi connectivity index (χ4n) is 1.63. The molecule has 1 saturated heterocycles. The van der Waals surface area contributed by atoms with E-state index in [0.29, 0.717) is 13.0 Å². The maximum absolute atomic E-state index is 11.7. The number of allylic oxidation sites excluding steroid dienone is 1. The third-order valence-corrected chi connectivity index (χ3v) is 3.23. The van der Waals surface area contributed by atoms with Crippen molar-refractivity contribution in [3.05, 3.63) is 12.2 Å². The molecule has 0 N–H and O–H groups in total. The number of nitrogens with zero attached hydrogens (tertiary/aromatic N) is 3. The van der Waals surface area contributed by atoms with Crippen molar-refractivity contribution in [1.29, 1.82) is 5.26 Å². The van der Waals surface area contributed by atoms with Crippen LogP contribution in [0.1, 0.15) is 13.3 Å². The average Bonchev–Trinajstić information content (AvgIpc) is 2.18.